The summed E-state index contributed by atoms with van der Waals surface area (Å²) < 4.78 is 30.3. The van der Waals surface area contributed by atoms with Gasteiger partial charge in [0, 0.05) is 0 Å². The van der Waals surface area contributed by atoms with Gasteiger partial charge < -0.3 is 4.74 Å². The van der Waals surface area contributed by atoms with Gasteiger partial charge in [-0.25, -0.2) is 8.78 Å². The predicted octanol–water partition coefficient (Wildman–Crippen LogP) is 2.82. The summed E-state index contributed by atoms with van der Waals surface area (Å²) in [5.74, 6) is 0.425. The Bertz CT molecular complexity index is 493. The average Bonchev–Trinajstić information content (AvgIpc) is 2.59. The molecule has 3 nitrogen and oxygen atoms in total. The molecular formula is C10H10F2N2O. The molecule has 1 heterocycles. The van der Waals surface area contributed by atoms with E-state index < -0.39 is 6.43 Å². The molecule has 0 radical (unpaired) electrons. The molecule has 0 saturated carbocycles. The lowest BCUT2D eigenvalue weighted by molar-refractivity contribution is 0.147. The van der Waals surface area contributed by atoms with Gasteiger partial charge in [0.25, 0.3) is 6.43 Å². The van der Waals surface area contributed by atoms with Gasteiger partial charge in [0.2, 0.25) is 0 Å². The predicted molar refractivity (Wildman–Crippen MR) is 52.3 cm³/mol. The number of H-pyrrole nitrogens is 1. The molecule has 2 aromatic rings. The van der Waals surface area contributed by atoms with E-state index >= 15 is 0 Å². The summed E-state index contributed by atoms with van der Waals surface area (Å²) in [6.45, 7) is 1.86. The maximum Gasteiger partial charge on any atom is 0.280 e. The number of fused-ring (bicyclic) bond motifs is 1. The number of benzene rings is 1. The third kappa shape index (κ3) is 1.54. The zero-order valence-electron chi connectivity index (χ0n) is 8.34. The Morgan fingerprint density at radius 3 is 2.73 bits per heavy atom. The van der Waals surface area contributed by atoms with Gasteiger partial charge in [0.1, 0.15) is 11.4 Å². The minimum atomic E-state index is -2.58. The maximum atomic E-state index is 12.6. The molecule has 1 N–H and O–H groups in total. The van der Waals surface area contributed by atoms with Crippen LogP contribution in [0.1, 0.15) is 17.7 Å². The molecule has 5 heteroatoms. The van der Waals surface area contributed by atoms with E-state index in [1.54, 1.807) is 12.1 Å². The van der Waals surface area contributed by atoms with Crippen LogP contribution in [0, 0.1) is 6.92 Å². The minimum Gasteiger partial charge on any atom is -0.496 e. The van der Waals surface area contributed by atoms with Crippen LogP contribution in [0.25, 0.3) is 10.9 Å². The number of hydrogen-bond acceptors (Lipinski definition) is 2. The van der Waals surface area contributed by atoms with Gasteiger partial charge in [-0.2, -0.15) is 5.10 Å². The summed E-state index contributed by atoms with van der Waals surface area (Å²) in [6.07, 6.45) is -2.58. The van der Waals surface area contributed by atoms with Crippen molar-refractivity contribution in [3.63, 3.8) is 0 Å². The second-order valence-electron chi connectivity index (χ2n) is 3.30. The van der Waals surface area contributed by atoms with Gasteiger partial charge in [-0.15, -0.1) is 0 Å². The van der Waals surface area contributed by atoms with Crippen LogP contribution in [-0.2, 0) is 0 Å². The van der Waals surface area contributed by atoms with Gasteiger partial charge in [0.15, 0.2) is 0 Å². The zero-order chi connectivity index (χ0) is 11.0. The first-order chi connectivity index (χ1) is 7.13. The summed E-state index contributed by atoms with van der Waals surface area (Å²) in [6, 6.07) is 3.45. The summed E-state index contributed by atoms with van der Waals surface area (Å²) in [4.78, 5) is 0. The van der Waals surface area contributed by atoms with Crippen LogP contribution in [0.5, 0.6) is 5.75 Å². The first kappa shape index (κ1) is 9.89. The largest absolute Gasteiger partial charge is 0.496 e. The highest BCUT2D eigenvalue weighted by molar-refractivity contribution is 5.88. The molecule has 0 fully saturated rings. The normalized spacial score (nSPS) is 11.3. The number of nitrogens with one attached hydrogen (secondary N) is 1. The van der Waals surface area contributed by atoms with Gasteiger partial charge in [-0.3, -0.25) is 5.10 Å². The van der Waals surface area contributed by atoms with Crippen LogP contribution >= 0.6 is 0 Å². The first-order valence-electron chi connectivity index (χ1n) is 4.44. The number of aromatic amines is 1. The molecular weight excluding hydrogens is 202 g/mol. The highest BCUT2D eigenvalue weighted by atomic mass is 19.3. The summed E-state index contributed by atoms with van der Waals surface area (Å²) in [5.41, 5.74) is 1.23. The van der Waals surface area contributed by atoms with Crippen LogP contribution in [-0.4, -0.2) is 17.3 Å². The monoisotopic (exact) mass is 212 g/mol. The van der Waals surface area contributed by atoms with E-state index in [-0.39, 0.29) is 5.69 Å². The van der Waals surface area contributed by atoms with Crippen LogP contribution in [0.15, 0.2) is 12.1 Å². The van der Waals surface area contributed by atoms with Crippen molar-refractivity contribution in [1.82, 2.24) is 10.2 Å². The molecule has 80 valence electrons. The Balaban J connectivity index is 2.77. The van der Waals surface area contributed by atoms with E-state index in [1.807, 2.05) is 6.92 Å². The van der Waals surface area contributed by atoms with Gasteiger partial charge in [-0.1, -0.05) is 0 Å². The van der Waals surface area contributed by atoms with E-state index in [0.29, 0.717) is 16.7 Å². The number of methoxy groups -OCH3 is 1. The minimum absolute atomic E-state index is 0.193. The number of alkyl halides is 2. The van der Waals surface area contributed by atoms with Crippen LogP contribution in [0.4, 0.5) is 8.78 Å². The standard InChI is InChI=1S/C10H10F2N2O/c1-5-3-6-8(7(4-5)15-2)9(10(11)12)14-13-6/h3-4,10H,1-2H3,(H,13,14). The zero-order valence-corrected chi connectivity index (χ0v) is 8.34. The highest BCUT2D eigenvalue weighted by Gasteiger charge is 2.18. The number of nitrogens with zero attached hydrogens (tertiary/aromatic N) is 1. The van der Waals surface area contributed by atoms with Crippen LogP contribution in [0.3, 0.4) is 0 Å². The summed E-state index contributed by atoms with van der Waals surface area (Å²) >= 11 is 0. The molecule has 0 aliphatic heterocycles. The smallest absolute Gasteiger partial charge is 0.280 e. The highest BCUT2D eigenvalue weighted by Crippen LogP contribution is 2.33. The molecule has 0 aliphatic carbocycles. The fourth-order valence-corrected chi connectivity index (χ4v) is 1.59. The van der Waals surface area contributed by atoms with E-state index in [0.717, 1.165) is 5.56 Å². The van der Waals surface area contributed by atoms with E-state index in [9.17, 15) is 8.78 Å². The van der Waals surface area contributed by atoms with Gasteiger partial charge in [0.05, 0.1) is 18.0 Å². The van der Waals surface area contributed by atoms with E-state index in [2.05, 4.69) is 10.2 Å². The fourth-order valence-electron chi connectivity index (χ4n) is 1.59. The van der Waals surface area contributed by atoms with Crippen molar-refractivity contribution in [3.05, 3.63) is 23.4 Å². The second-order valence-corrected chi connectivity index (χ2v) is 3.30. The molecule has 0 bridgehead atoms. The molecule has 0 unspecified atom stereocenters. The molecule has 0 amide bonds. The average molecular weight is 212 g/mol. The van der Waals surface area contributed by atoms with Crippen molar-refractivity contribution < 1.29 is 13.5 Å². The van der Waals surface area contributed by atoms with E-state index in [1.165, 1.54) is 7.11 Å². The lowest BCUT2D eigenvalue weighted by Gasteiger charge is -2.04. The Morgan fingerprint density at radius 1 is 1.40 bits per heavy atom. The molecule has 1 aromatic heterocycles. The summed E-state index contributed by atoms with van der Waals surface area (Å²) in [7, 11) is 1.45. The van der Waals surface area contributed by atoms with Crippen LogP contribution < -0.4 is 4.74 Å². The van der Waals surface area contributed by atoms with Crippen LogP contribution in [0.2, 0.25) is 0 Å². The molecule has 1 aromatic carbocycles. The molecule has 15 heavy (non-hydrogen) atoms. The number of aromatic nitrogens is 2. The van der Waals surface area contributed by atoms with Crippen molar-refractivity contribution in [3.8, 4) is 5.75 Å². The maximum absolute atomic E-state index is 12.6. The Morgan fingerprint density at radius 2 is 2.13 bits per heavy atom. The van der Waals surface area contributed by atoms with Crippen molar-refractivity contribution in [2.75, 3.05) is 7.11 Å². The SMILES string of the molecule is COc1cc(C)cc2n[nH]c(C(F)F)c12. The first-order valence-corrected chi connectivity index (χ1v) is 4.44. The number of rotatable bonds is 2. The Kier molecular flexibility index (Phi) is 2.30. The fraction of sp³-hybridized carbons (Fsp3) is 0.300. The summed E-state index contributed by atoms with van der Waals surface area (Å²) in [5, 5.41) is 6.52. The Labute approximate surface area is 85.0 Å². The molecule has 0 saturated heterocycles. The third-order valence-corrected chi connectivity index (χ3v) is 2.23. The molecule has 2 rings (SSSR count). The molecule has 0 atom stereocenters. The number of ether oxygens (including phenoxy) is 1. The lowest BCUT2D eigenvalue weighted by atomic mass is 10.1. The number of hydrogen-bond donors (Lipinski definition) is 1. The Hall–Kier alpha value is -1.65. The quantitative estimate of drug-likeness (QED) is 0.831. The number of aryl methyl sites for hydroxylation is 1. The molecule has 0 aliphatic rings. The second kappa shape index (κ2) is 3.49. The van der Waals surface area contributed by atoms with Crippen molar-refractivity contribution in [1.29, 1.82) is 0 Å². The van der Waals surface area contributed by atoms with Gasteiger partial charge >= 0.3 is 0 Å². The number of halogens is 2. The van der Waals surface area contributed by atoms with Crippen molar-refractivity contribution >= 4 is 10.9 Å². The van der Waals surface area contributed by atoms with Crippen molar-refractivity contribution in [2.45, 2.75) is 13.3 Å². The molecule has 0 spiro atoms. The van der Waals surface area contributed by atoms with E-state index in [4.69, 9.17) is 4.74 Å². The van der Waals surface area contributed by atoms with Crippen molar-refractivity contribution in [2.24, 2.45) is 0 Å². The van der Waals surface area contributed by atoms with Gasteiger partial charge in [-0.05, 0) is 24.6 Å². The third-order valence-electron chi connectivity index (χ3n) is 2.23. The topological polar surface area (TPSA) is 37.9 Å². The lowest BCUT2D eigenvalue weighted by Crippen LogP contribution is -1.89.